The topological polar surface area (TPSA) is 76.1 Å². The highest BCUT2D eigenvalue weighted by molar-refractivity contribution is 5.75. The summed E-state index contributed by atoms with van der Waals surface area (Å²) in [6.07, 6.45) is 3.88. The van der Waals surface area contributed by atoms with E-state index < -0.39 is 5.97 Å². The molecule has 23 heavy (non-hydrogen) atoms. The summed E-state index contributed by atoms with van der Waals surface area (Å²) < 4.78 is 0. The van der Waals surface area contributed by atoms with Gasteiger partial charge >= 0.3 is 12.0 Å². The van der Waals surface area contributed by atoms with Crippen LogP contribution in [-0.4, -0.2) is 90.2 Å². The lowest BCUT2D eigenvalue weighted by molar-refractivity contribution is -0.139. The molecule has 1 saturated carbocycles. The molecule has 1 unspecified atom stereocenters. The summed E-state index contributed by atoms with van der Waals surface area (Å²) in [6.45, 7) is 4.40. The van der Waals surface area contributed by atoms with E-state index in [2.05, 4.69) is 24.3 Å². The number of carbonyl (C=O) groups is 2. The molecule has 2 N–H and O–H groups in total. The Morgan fingerprint density at radius 2 is 1.96 bits per heavy atom. The summed E-state index contributed by atoms with van der Waals surface area (Å²) in [5.74, 6) is -0.789. The van der Waals surface area contributed by atoms with Gasteiger partial charge in [0.25, 0.3) is 0 Å². The highest BCUT2D eigenvalue weighted by atomic mass is 16.4. The van der Waals surface area contributed by atoms with Gasteiger partial charge in [0, 0.05) is 31.2 Å². The Hall–Kier alpha value is -1.34. The number of carboxylic acid groups (broad SMARTS) is 1. The molecule has 0 bridgehead atoms. The Labute approximate surface area is 138 Å². The Bertz CT molecular complexity index is 424. The van der Waals surface area contributed by atoms with E-state index in [1.807, 2.05) is 16.7 Å². The van der Waals surface area contributed by atoms with Gasteiger partial charge in [-0.3, -0.25) is 9.69 Å². The lowest BCUT2D eigenvalue weighted by atomic mass is 9.85. The van der Waals surface area contributed by atoms with Gasteiger partial charge in [0.15, 0.2) is 0 Å². The highest BCUT2D eigenvalue weighted by Crippen LogP contribution is 2.26. The zero-order valence-corrected chi connectivity index (χ0v) is 14.5. The number of amides is 2. The summed E-state index contributed by atoms with van der Waals surface area (Å²) in [6, 6.07) is 0.920. The largest absolute Gasteiger partial charge is 0.480 e. The number of likely N-dealkylation sites (N-methyl/N-ethyl adjacent to an activating group) is 2. The van der Waals surface area contributed by atoms with Crippen LogP contribution in [-0.2, 0) is 4.79 Å². The molecule has 0 radical (unpaired) electrons. The molecule has 1 saturated heterocycles. The second kappa shape index (κ2) is 7.97. The van der Waals surface area contributed by atoms with E-state index in [0.29, 0.717) is 6.04 Å². The zero-order chi connectivity index (χ0) is 17.0. The van der Waals surface area contributed by atoms with Gasteiger partial charge in [-0.05, 0) is 46.3 Å². The van der Waals surface area contributed by atoms with Crippen molar-refractivity contribution in [3.63, 3.8) is 0 Å². The van der Waals surface area contributed by atoms with E-state index in [4.69, 9.17) is 5.11 Å². The highest BCUT2D eigenvalue weighted by Gasteiger charge is 2.36. The number of rotatable bonds is 6. The number of nitrogens with one attached hydrogen (secondary N) is 1. The Morgan fingerprint density at radius 3 is 2.52 bits per heavy atom. The fraction of sp³-hybridized carbons (Fsp3) is 0.875. The van der Waals surface area contributed by atoms with Crippen LogP contribution in [0.5, 0.6) is 0 Å². The van der Waals surface area contributed by atoms with Gasteiger partial charge in [0.2, 0.25) is 0 Å². The van der Waals surface area contributed by atoms with Gasteiger partial charge in [-0.25, -0.2) is 4.79 Å². The molecular weight excluding hydrogens is 296 g/mol. The molecule has 1 aliphatic heterocycles. The van der Waals surface area contributed by atoms with Crippen LogP contribution in [0.1, 0.15) is 32.6 Å². The number of hydrogen-bond donors (Lipinski definition) is 2. The number of aliphatic carboxylic acids is 1. The SMILES string of the molecule is CCN(CC(=O)O)C1CC(NC(=O)N2CCCC(N(C)C)C2)C1. The van der Waals surface area contributed by atoms with Crippen molar-refractivity contribution in [3.8, 4) is 0 Å². The van der Waals surface area contributed by atoms with Crippen molar-refractivity contribution in [2.45, 2.75) is 50.7 Å². The lowest BCUT2D eigenvalue weighted by Crippen LogP contribution is -2.58. The Kier molecular flexibility index (Phi) is 6.24. The number of hydrogen-bond acceptors (Lipinski definition) is 4. The van der Waals surface area contributed by atoms with Gasteiger partial charge in [-0.2, -0.15) is 0 Å². The first kappa shape index (κ1) is 18.0. The van der Waals surface area contributed by atoms with Crippen LogP contribution in [0.15, 0.2) is 0 Å². The summed E-state index contributed by atoms with van der Waals surface area (Å²) in [5.41, 5.74) is 0. The van der Waals surface area contributed by atoms with Gasteiger partial charge in [0.1, 0.15) is 0 Å². The molecular formula is C16H30N4O3. The van der Waals surface area contributed by atoms with Crippen molar-refractivity contribution < 1.29 is 14.7 Å². The van der Waals surface area contributed by atoms with Gasteiger partial charge in [-0.1, -0.05) is 6.92 Å². The molecule has 1 atom stereocenters. The normalized spacial score (nSPS) is 27.9. The minimum atomic E-state index is -0.789. The molecule has 2 aliphatic rings. The first-order chi connectivity index (χ1) is 10.9. The predicted molar refractivity (Wildman–Crippen MR) is 88.5 cm³/mol. The van der Waals surface area contributed by atoms with E-state index in [1.54, 1.807) is 0 Å². The van der Waals surface area contributed by atoms with Gasteiger partial charge < -0.3 is 20.2 Å². The third kappa shape index (κ3) is 4.81. The first-order valence-corrected chi connectivity index (χ1v) is 8.58. The minimum absolute atomic E-state index is 0.0290. The van der Waals surface area contributed by atoms with Crippen LogP contribution in [0.3, 0.4) is 0 Å². The predicted octanol–water partition coefficient (Wildman–Crippen LogP) is 0.660. The summed E-state index contributed by atoms with van der Waals surface area (Å²) in [5, 5.41) is 12.0. The number of carbonyl (C=O) groups excluding carboxylic acids is 1. The molecule has 1 heterocycles. The molecule has 0 aromatic rings. The third-order valence-electron chi connectivity index (χ3n) is 5.12. The van der Waals surface area contributed by atoms with E-state index in [1.165, 1.54) is 0 Å². The van der Waals surface area contributed by atoms with Crippen LogP contribution in [0, 0.1) is 0 Å². The molecule has 1 aliphatic carbocycles. The smallest absolute Gasteiger partial charge is 0.317 e. The number of urea groups is 1. The molecule has 2 rings (SSSR count). The van der Waals surface area contributed by atoms with Crippen molar-refractivity contribution >= 4 is 12.0 Å². The molecule has 0 aromatic carbocycles. The van der Waals surface area contributed by atoms with Gasteiger partial charge in [-0.15, -0.1) is 0 Å². The van der Waals surface area contributed by atoms with Gasteiger partial charge in [0.05, 0.1) is 6.54 Å². The zero-order valence-electron chi connectivity index (χ0n) is 14.5. The lowest BCUT2D eigenvalue weighted by Gasteiger charge is -2.43. The van der Waals surface area contributed by atoms with Crippen LogP contribution < -0.4 is 5.32 Å². The van der Waals surface area contributed by atoms with Crippen LogP contribution in [0.25, 0.3) is 0 Å². The summed E-state index contributed by atoms with van der Waals surface area (Å²) in [4.78, 5) is 29.3. The van der Waals surface area contributed by atoms with Crippen molar-refractivity contribution in [1.29, 1.82) is 0 Å². The monoisotopic (exact) mass is 326 g/mol. The quantitative estimate of drug-likeness (QED) is 0.750. The maximum absolute atomic E-state index is 12.4. The fourth-order valence-corrected chi connectivity index (χ4v) is 3.50. The average Bonchev–Trinajstić information content (AvgIpc) is 2.48. The molecule has 0 spiro atoms. The van der Waals surface area contributed by atoms with Crippen molar-refractivity contribution in [1.82, 2.24) is 20.0 Å². The fourth-order valence-electron chi connectivity index (χ4n) is 3.50. The van der Waals surface area contributed by atoms with Crippen molar-refractivity contribution in [3.05, 3.63) is 0 Å². The number of carboxylic acids is 1. The van der Waals surface area contributed by atoms with E-state index in [9.17, 15) is 9.59 Å². The Morgan fingerprint density at radius 1 is 1.26 bits per heavy atom. The van der Waals surface area contributed by atoms with Crippen molar-refractivity contribution in [2.75, 3.05) is 40.3 Å². The molecule has 0 aromatic heterocycles. The van der Waals surface area contributed by atoms with Crippen molar-refractivity contribution in [2.24, 2.45) is 0 Å². The summed E-state index contributed by atoms with van der Waals surface area (Å²) >= 11 is 0. The number of piperidine rings is 1. The third-order valence-corrected chi connectivity index (χ3v) is 5.12. The maximum atomic E-state index is 12.4. The summed E-state index contributed by atoms with van der Waals surface area (Å²) in [7, 11) is 4.12. The maximum Gasteiger partial charge on any atom is 0.317 e. The van der Waals surface area contributed by atoms with E-state index in [-0.39, 0.29) is 24.7 Å². The number of nitrogens with zero attached hydrogens (tertiary/aromatic N) is 3. The second-order valence-corrected chi connectivity index (χ2v) is 6.93. The molecule has 2 amide bonds. The van der Waals surface area contributed by atoms with Crippen LogP contribution in [0.2, 0.25) is 0 Å². The minimum Gasteiger partial charge on any atom is -0.480 e. The van der Waals surface area contributed by atoms with E-state index >= 15 is 0 Å². The second-order valence-electron chi connectivity index (χ2n) is 6.93. The number of likely N-dealkylation sites (tertiary alicyclic amines) is 1. The molecule has 7 heteroatoms. The van der Waals surface area contributed by atoms with E-state index in [0.717, 1.165) is 45.3 Å². The van der Waals surface area contributed by atoms with Crippen LogP contribution in [0.4, 0.5) is 4.79 Å². The first-order valence-electron chi connectivity index (χ1n) is 8.58. The Balaban J connectivity index is 1.74. The average molecular weight is 326 g/mol. The molecule has 2 fully saturated rings. The van der Waals surface area contributed by atoms with Crippen LogP contribution >= 0.6 is 0 Å². The molecule has 132 valence electrons. The molecule has 7 nitrogen and oxygen atoms in total. The standard InChI is InChI=1S/C16H30N4O3/c1-4-19(11-15(21)22)14-8-12(9-14)17-16(23)20-7-5-6-13(10-20)18(2)3/h12-14H,4-11H2,1-3H3,(H,17,23)(H,21,22).